The Bertz CT molecular complexity index is 464. The highest BCUT2D eigenvalue weighted by Crippen LogP contribution is 2.17. The molecule has 1 heterocycles. The predicted octanol–water partition coefficient (Wildman–Crippen LogP) is 1.25. The van der Waals surface area contributed by atoms with E-state index in [1.54, 1.807) is 10.6 Å². The molecule has 1 aromatic carbocycles. The first-order valence-electron chi connectivity index (χ1n) is 4.44. The van der Waals surface area contributed by atoms with Crippen molar-refractivity contribution in [2.45, 2.75) is 6.42 Å². The average Bonchev–Trinajstić information content (AvgIpc) is 2.48. The van der Waals surface area contributed by atoms with Gasteiger partial charge in [0, 0.05) is 13.5 Å². The molecule has 0 saturated heterocycles. The van der Waals surface area contributed by atoms with Gasteiger partial charge in [0.1, 0.15) is 11.3 Å². The van der Waals surface area contributed by atoms with Gasteiger partial charge in [0.05, 0.1) is 12.1 Å². The maximum absolute atomic E-state index is 13.3. The third-order valence-electron chi connectivity index (χ3n) is 2.29. The van der Waals surface area contributed by atoms with Crippen LogP contribution in [0.1, 0.15) is 5.82 Å². The lowest BCUT2D eigenvalue weighted by Crippen LogP contribution is -2.00. The number of aliphatic hydroxyl groups is 1. The lowest BCUT2D eigenvalue weighted by Gasteiger charge is -1.98. The zero-order valence-corrected chi connectivity index (χ0v) is 7.87. The number of halogens is 1. The van der Waals surface area contributed by atoms with Crippen molar-refractivity contribution in [1.82, 2.24) is 9.55 Å². The van der Waals surface area contributed by atoms with Crippen LogP contribution >= 0.6 is 0 Å². The van der Waals surface area contributed by atoms with Crippen LogP contribution in [0.15, 0.2) is 18.2 Å². The van der Waals surface area contributed by atoms with E-state index in [0.717, 1.165) is 5.52 Å². The van der Waals surface area contributed by atoms with Crippen LogP contribution in [0.2, 0.25) is 0 Å². The molecular weight excluding hydrogens is 183 g/mol. The van der Waals surface area contributed by atoms with E-state index in [-0.39, 0.29) is 12.4 Å². The Balaban J connectivity index is 2.67. The van der Waals surface area contributed by atoms with E-state index < -0.39 is 0 Å². The van der Waals surface area contributed by atoms with Gasteiger partial charge in [0.25, 0.3) is 0 Å². The van der Waals surface area contributed by atoms with Crippen molar-refractivity contribution in [3.63, 3.8) is 0 Å². The highest BCUT2D eigenvalue weighted by atomic mass is 19.1. The minimum absolute atomic E-state index is 0.0266. The van der Waals surface area contributed by atoms with Crippen LogP contribution in [-0.2, 0) is 13.5 Å². The highest BCUT2D eigenvalue weighted by Gasteiger charge is 2.09. The van der Waals surface area contributed by atoms with Crippen LogP contribution in [0.5, 0.6) is 0 Å². The van der Waals surface area contributed by atoms with E-state index >= 15 is 0 Å². The molecule has 4 heteroatoms. The molecule has 3 nitrogen and oxygen atoms in total. The first-order valence-corrected chi connectivity index (χ1v) is 4.44. The van der Waals surface area contributed by atoms with Crippen molar-refractivity contribution in [2.24, 2.45) is 7.05 Å². The Morgan fingerprint density at radius 1 is 1.50 bits per heavy atom. The zero-order chi connectivity index (χ0) is 10.1. The number of nitrogens with zero attached hydrogens (tertiary/aromatic N) is 2. The van der Waals surface area contributed by atoms with Crippen LogP contribution < -0.4 is 0 Å². The minimum Gasteiger partial charge on any atom is -0.396 e. The number of fused-ring (bicyclic) bond motifs is 1. The van der Waals surface area contributed by atoms with Gasteiger partial charge in [-0.25, -0.2) is 9.37 Å². The minimum atomic E-state index is -0.317. The monoisotopic (exact) mass is 194 g/mol. The normalized spacial score (nSPS) is 11.1. The number of aryl methyl sites for hydroxylation is 1. The number of para-hydroxylation sites is 1. The topological polar surface area (TPSA) is 38.0 Å². The fourth-order valence-corrected chi connectivity index (χ4v) is 1.55. The molecule has 2 rings (SSSR count). The zero-order valence-electron chi connectivity index (χ0n) is 7.87. The van der Waals surface area contributed by atoms with Gasteiger partial charge in [-0.3, -0.25) is 0 Å². The molecule has 0 aliphatic heterocycles. The van der Waals surface area contributed by atoms with E-state index in [1.165, 1.54) is 6.07 Å². The molecule has 0 amide bonds. The summed E-state index contributed by atoms with van der Waals surface area (Å²) in [6, 6.07) is 4.85. The van der Waals surface area contributed by atoms with Crippen LogP contribution in [-0.4, -0.2) is 21.3 Å². The van der Waals surface area contributed by atoms with Gasteiger partial charge in [-0.05, 0) is 12.1 Å². The van der Waals surface area contributed by atoms with E-state index in [0.29, 0.717) is 17.8 Å². The molecule has 74 valence electrons. The molecule has 2 aromatic rings. The maximum atomic E-state index is 13.3. The second-order valence-corrected chi connectivity index (χ2v) is 3.17. The van der Waals surface area contributed by atoms with Crippen molar-refractivity contribution >= 4 is 11.0 Å². The number of aromatic nitrogens is 2. The molecule has 0 atom stereocenters. The summed E-state index contributed by atoms with van der Waals surface area (Å²) in [6.07, 6.45) is 0.449. The van der Waals surface area contributed by atoms with Gasteiger partial charge in [-0.2, -0.15) is 0 Å². The molecule has 0 aliphatic rings. The molecule has 0 radical (unpaired) electrons. The first-order chi connectivity index (χ1) is 6.74. The second kappa shape index (κ2) is 3.38. The van der Waals surface area contributed by atoms with E-state index in [9.17, 15) is 4.39 Å². The number of hydrogen-bond acceptors (Lipinski definition) is 2. The smallest absolute Gasteiger partial charge is 0.151 e. The van der Waals surface area contributed by atoms with Crippen molar-refractivity contribution in [1.29, 1.82) is 0 Å². The van der Waals surface area contributed by atoms with Gasteiger partial charge < -0.3 is 9.67 Å². The van der Waals surface area contributed by atoms with Gasteiger partial charge >= 0.3 is 0 Å². The number of imidazole rings is 1. The summed E-state index contributed by atoms with van der Waals surface area (Å²) in [7, 11) is 1.82. The standard InChI is InChI=1S/C10H11FN2O/c1-13-8-4-2-3-7(11)10(8)12-9(13)5-6-14/h2-4,14H,5-6H2,1H3. The summed E-state index contributed by atoms with van der Waals surface area (Å²) < 4.78 is 15.1. The molecule has 0 unspecified atom stereocenters. The van der Waals surface area contributed by atoms with Crippen molar-refractivity contribution in [3.05, 3.63) is 29.8 Å². The lowest BCUT2D eigenvalue weighted by molar-refractivity contribution is 0.295. The van der Waals surface area contributed by atoms with E-state index in [2.05, 4.69) is 4.98 Å². The third-order valence-corrected chi connectivity index (χ3v) is 2.29. The molecule has 0 aliphatic carbocycles. The Labute approximate surface area is 80.8 Å². The van der Waals surface area contributed by atoms with Crippen molar-refractivity contribution < 1.29 is 9.50 Å². The predicted molar refractivity (Wildman–Crippen MR) is 51.5 cm³/mol. The molecule has 0 bridgehead atoms. The molecule has 14 heavy (non-hydrogen) atoms. The Morgan fingerprint density at radius 3 is 2.93 bits per heavy atom. The van der Waals surface area contributed by atoms with Crippen molar-refractivity contribution in [2.75, 3.05) is 6.61 Å². The third kappa shape index (κ3) is 1.28. The fraction of sp³-hybridized carbons (Fsp3) is 0.300. The van der Waals surface area contributed by atoms with Gasteiger partial charge in [-0.15, -0.1) is 0 Å². The fourth-order valence-electron chi connectivity index (χ4n) is 1.55. The summed E-state index contributed by atoms with van der Waals surface area (Å²) in [6.45, 7) is 0.0266. The maximum Gasteiger partial charge on any atom is 0.151 e. The Morgan fingerprint density at radius 2 is 2.29 bits per heavy atom. The molecule has 0 spiro atoms. The molecular formula is C10H11FN2O. The highest BCUT2D eigenvalue weighted by molar-refractivity contribution is 5.76. The molecule has 0 saturated carbocycles. The van der Waals surface area contributed by atoms with Crippen molar-refractivity contribution in [3.8, 4) is 0 Å². The Hall–Kier alpha value is -1.42. The van der Waals surface area contributed by atoms with Gasteiger partial charge in [0.2, 0.25) is 0 Å². The largest absolute Gasteiger partial charge is 0.396 e. The summed E-state index contributed by atoms with van der Waals surface area (Å²) in [4.78, 5) is 4.13. The second-order valence-electron chi connectivity index (χ2n) is 3.17. The van der Waals surface area contributed by atoms with E-state index in [4.69, 9.17) is 5.11 Å². The van der Waals surface area contributed by atoms with Crippen LogP contribution in [0.25, 0.3) is 11.0 Å². The average molecular weight is 194 g/mol. The summed E-state index contributed by atoms with van der Waals surface area (Å²) in [5.74, 6) is 0.384. The number of benzene rings is 1. The molecule has 1 aromatic heterocycles. The van der Waals surface area contributed by atoms with Crippen LogP contribution in [0, 0.1) is 5.82 Å². The van der Waals surface area contributed by atoms with E-state index in [1.807, 2.05) is 13.1 Å². The van der Waals surface area contributed by atoms with Crippen LogP contribution in [0.4, 0.5) is 4.39 Å². The SMILES string of the molecule is Cn1c(CCO)nc2c(F)cccc21. The first kappa shape index (κ1) is 9.15. The summed E-state index contributed by atoms with van der Waals surface area (Å²) in [5, 5.41) is 8.79. The van der Waals surface area contributed by atoms with Crippen LogP contribution in [0.3, 0.4) is 0 Å². The number of aliphatic hydroxyl groups excluding tert-OH is 1. The lowest BCUT2D eigenvalue weighted by atomic mass is 10.3. The quantitative estimate of drug-likeness (QED) is 0.781. The molecule has 0 fully saturated rings. The molecule has 1 N–H and O–H groups in total. The van der Waals surface area contributed by atoms with Gasteiger partial charge in [0.15, 0.2) is 5.82 Å². The number of hydrogen-bond donors (Lipinski definition) is 1. The Kier molecular flexibility index (Phi) is 2.21. The summed E-state index contributed by atoms with van der Waals surface area (Å²) in [5.41, 5.74) is 1.13. The number of rotatable bonds is 2. The summed E-state index contributed by atoms with van der Waals surface area (Å²) >= 11 is 0. The van der Waals surface area contributed by atoms with Gasteiger partial charge in [-0.1, -0.05) is 6.07 Å².